The monoisotopic (exact) mass is 344 g/mol. The molecule has 0 heterocycles. The molecular weight excluding hydrogens is 323 g/mol. The van der Waals surface area contributed by atoms with Gasteiger partial charge >= 0.3 is 0 Å². The summed E-state index contributed by atoms with van der Waals surface area (Å²) in [6.07, 6.45) is 14.0. The molecule has 0 nitrogen and oxygen atoms in total. The molecule has 0 unspecified atom stereocenters. The summed E-state index contributed by atoms with van der Waals surface area (Å²) >= 11 is 0. The third-order valence-electron chi connectivity index (χ3n) is 3.23. The molecule has 0 saturated carbocycles. The van der Waals surface area contributed by atoms with Gasteiger partial charge in [0, 0.05) is 27.6 Å². The van der Waals surface area contributed by atoms with Gasteiger partial charge in [0.1, 0.15) is 0 Å². The van der Waals surface area contributed by atoms with E-state index in [1.165, 1.54) is 25.7 Å². The first-order chi connectivity index (χ1) is 10.9. The van der Waals surface area contributed by atoms with Gasteiger partial charge in [0.25, 0.3) is 0 Å². The molecule has 0 bridgehead atoms. The van der Waals surface area contributed by atoms with Crippen LogP contribution in [0.15, 0.2) is 85.0 Å². The number of benzene rings is 2. The van der Waals surface area contributed by atoms with Crippen LogP contribution in [-0.4, -0.2) is 0 Å². The fourth-order valence-corrected chi connectivity index (χ4v) is 2.04. The summed E-state index contributed by atoms with van der Waals surface area (Å²) in [5.41, 5.74) is 2.10. The predicted molar refractivity (Wildman–Crippen MR) is 95.6 cm³/mol. The van der Waals surface area contributed by atoms with Crippen molar-refractivity contribution >= 4 is 0 Å². The predicted octanol–water partition coefficient (Wildman–Crippen LogP) is 5.76. The third-order valence-corrected chi connectivity index (χ3v) is 3.23. The Labute approximate surface area is 150 Å². The van der Waals surface area contributed by atoms with Crippen molar-refractivity contribution in [2.45, 2.75) is 25.7 Å². The molecule has 0 saturated heterocycles. The Balaban J connectivity index is 0.000000253. The number of hydrogen-bond acceptors (Lipinski definition) is 0. The molecular formula is C22H22Ni. The minimum atomic E-state index is 0. The van der Waals surface area contributed by atoms with Crippen molar-refractivity contribution in [1.82, 2.24) is 0 Å². The Morgan fingerprint density at radius 3 is 1.09 bits per heavy atom. The summed E-state index contributed by atoms with van der Waals surface area (Å²) in [6.45, 7) is 0. The minimum absolute atomic E-state index is 0. The number of allylic oxidation sites excluding steroid dienone is 4. The van der Waals surface area contributed by atoms with Gasteiger partial charge in [-0.3, -0.25) is 0 Å². The van der Waals surface area contributed by atoms with Gasteiger partial charge in [-0.15, -0.1) is 0 Å². The molecule has 3 rings (SSSR count). The van der Waals surface area contributed by atoms with E-state index >= 15 is 0 Å². The SMILES string of the molecule is C(#Cc1ccccc1)c1ccccc1.C1=C\CC/C=C\CC/1.[Ni]. The van der Waals surface area contributed by atoms with Crippen LogP contribution in [0.5, 0.6) is 0 Å². The largest absolute Gasteiger partial charge is 0.0882 e. The van der Waals surface area contributed by atoms with Gasteiger partial charge in [0.15, 0.2) is 0 Å². The van der Waals surface area contributed by atoms with Gasteiger partial charge in [-0.25, -0.2) is 0 Å². The Hall–Kier alpha value is -2.03. The summed E-state index contributed by atoms with van der Waals surface area (Å²) in [6, 6.07) is 20.0. The van der Waals surface area contributed by atoms with Crippen LogP contribution in [0.4, 0.5) is 0 Å². The van der Waals surface area contributed by atoms with E-state index in [0.29, 0.717) is 0 Å². The summed E-state index contributed by atoms with van der Waals surface area (Å²) in [5, 5.41) is 0. The normalized spacial score (nSPS) is 15.1. The molecule has 23 heavy (non-hydrogen) atoms. The van der Waals surface area contributed by atoms with Gasteiger partial charge in [0.05, 0.1) is 0 Å². The van der Waals surface area contributed by atoms with E-state index in [0.717, 1.165) is 11.1 Å². The Morgan fingerprint density at radius 2 is 0.783 bits per heavy atom. The van der Waals surface area contributed by atoms with Crippen molar-refractivity contribution in [3.05, 3.63) is 96.1 Å². The topological polar surface area (TPSA) is 0 Å². The van der Waals surface area contributed by atoms with Gasteiger partial charge in [-0.05, 0) is 49.9 Å². The van der Waals surface area contributed by atoms with Crippen LogP contribution < -0.4 is 0 Å². The maximum absolute atomic E-state index is 3.11. The molecule has 0 aromatic heterocycles. The second-order valence-electron chi connectivity index (χ2n) is 5.08. The average Bonchev–Trinajstić information content (AvgIpc) is 2.55. The molecule has 0 aliphatic heterocycles. The van der Waals surface area contributed by atoms with Crippen LogP contribution >= 0.6 is 0 Å². The van der Waals surface area contributed by atoms with Crippen LogP contribution in [0.1, 0.15) is 36.8 Å². The maximum atomic E-state index is 3.11. The zero-order chi connectivity index (χ0) is 15.3. The fourth-order valence-electron chi connectivity index (χ4n) is 2.04. The summed E-state index contributed by atoms with van der Waals surface area (Å²) < 4.78 is 0. The average molecular weight is 345 g/mol. The van der Waals surface area contributed by atoms with Gasteiger partial charge in [0.2, 0.25) is 0 Å². The van der Waals surface area contributed by atoms with Crippen molar-refractivity contribution < 1.29 is 16.5 Å². The summed E-state index contributed by atoms with van der Waals surface area (Å²) in [7, 11) is 0. The molecule has 0 spiro atoms. The number of hydrogen-bond donors (Lipinski definition) is 0. The molecule has 1 aliphatic carbocycles. The van der Waals surface area contributed by atoms with Crippen molar-refractivity contribution in [3.8, 4) is 11.8 Å². The number of rotatable bonds is 0. The fraction of sp³-hybridized carbons (Fsp3) is 0.182. The van der Waals surface area contributed by atoms with Crippen LogP contribution in [-0.2, 0) is 16.5 Å². The van der Waals surface area contributed by atoms with Gasteiger partial charge in [-0.1, -0.05) is 72.5 Å². The van der Waals surface area contributed by atoms with E-state index in [2.05, 4.69) is 36.1 Å². The van der Waals surface area contributed by atoms with Gasteiger partial charge < -0.3 is 0 Å². The second-order valence-corrected chi connectivity index (χ2v) is 5.08. The van der Waals surface area contributed by atoms with Crippen LogP contribution in [0.2, 0.25) is 0 Å². The summed E-state index contributed by atoms with van der Waals surface area (Å²) in [5.74, 6) is 6.22. The third kappa shape index (κ3) is 8.87. The van der Waals surface area contributed by atoms with Crippen molar-refractivity contribution in [2.75, 3.05) is 0 Å². The minimum Gasteiger partial charge on any atom is -0.0882 e. The Kier molecular flexibility index (Phi) is 10.3. The summed E-state index contributed by atoms with van der Waals surface area (Å²) in [4.78, 5) is 0. The first kappa shape index (κ1) is 19.0. The van der Waals surface area contributed by atoms with E-state index in [4.69, 9.17) is 0 Å². The molecule has 1 heteroatoms. The molecule has 0 N–H and O–H groups in total. The maximum Gasteiger partial charge on any atom is 0.0249 e. The van der Waals surface area contributed by atoms with Gasteiger partial charge in [-0.2, -0.15) is 0 Å². The Bertz CT molecular complexity index is 573. The molecule has 0 amide bonds. The first-order valence-corrected chi connectivity index (χ1v) is 7.87. The van der Waals surface area contributed by atoms with Crippen molar-refractivity contribution in [3.63, 3.8) is 0 Å². The molecule has 2 aromatic rings. The Morgan fingerprint density at radius 1 is 0.478 bits per heavy atom. The molecule has 0 radical (unpaired) electrons. The standard InChI is InChI=1S/C14H10.C8H12.Ni/c1-3-7-13(8-4-1)11-12-14-9-5-2-6-10-14;1-2-4-6-8-7-5-3-1;/h1-10H;1-2,7-8H,3-6H2;/b;2-1-,8-7-;. The zero-order valence-electron chi connectivity index (χ0n) is 13.2. The van der Waals surface area contributed by atoms with Crippen LogP contribution in [0.3, 0.4) is 0 Å². The zero-order valence-corrected chi connectivity index (χ0v) is 14.2. The van der Waals surface area contributed by atoms with E-state index in [1.54, 1.807) is 0 Å². The van der Waals surface area contributed by atoms with E-state index in [-0.39, 0.29) is 16.5 Å². The van der Waals surface area contributed by atoms with Crippen LogP contribution in [0, 0.1) is 11.8 Å². The molecule has 0 atom stereocenters. The van der Waals surface area contributed by atoms with E-state index in [1.807, 2.05) is 60.7 Å². The van der Waals surface area contributed by atoms with E-state index < -0.39 is 0 Å². The molecule has 0 fully saturated rings. The van der Waals surface area contributed by atoms with E-state index in [9.17, 15) is 0 Å². The van der Waals surface area contributed by atoms with Crippen LogP contribution in [0.25, 0.3) is 0 Å². The second kappa shape index (κ2) is 12.5. The molecule has 2 aromatic carbocycles. The van der Waals surface area contributed by atoms with Crippen molar-refractivity contribution in [1.29, 1.82) is 0 Å². The first-order valence-electron chi connectivity index (χ1n) is 7.87. The quantitative estimate of drug-likeness (QED) is 0.324. The molecule has 120 valence electrons. The smallest absolute Gasteiger partial charge is 0.0249 e. The molecule has 1 aliphatic rings. The van der Waals surface area contributed by atoms with Crippen molar-refractivity contribution in [2.24, 2.45) is 0 Å².